The van der Waals surface area contributed by atoms with Crippen LogP contribution in [-0.2, 0) is 0 Å². The van der Waals surface area contributed by atoms with Crippen molar-refractivity contribution in [3.05, 3.63) is 32.7 Å². The van der Waals surface area contributed by atoms with E-state index in [-0.39, 0.29) is 6.04 Å². The van der Waals surface area contributed by atoms with Gasteiger partial charge in [0.25, 0.3) is 0 Å². The van der Waals surface area contributed by atoms with Crippen molar-refractivity contribution < 1.29 is 0 Å². The minimum Gasteiger partial charge on any atom is -0.311 e. The molecule has 0 aliphatic carbocycles. The molecular formula is C12H13BrClN3S. The van der Waals surface area contributed by atoms with Crippen molar-refractivity contribution in [3.8, 4) is 10.6 Å². The second kappa shape index (κ2) is 6.10. The predicted octanol–water partition coefficient (Wildman–Crippen LogP) is 4.29. The van der Waals surface area contributed by atoms with E-state index in [1.807, 2.05) is 25.2 Å². The highest BCUT2D eigenvalue weighted by Gasteiger charge is 2.15. The molecule has 1 atom stereocenters. The summed E-state index contributed by atoms with van der Waals surface area (Å²) in [6.45, 7) is 2.12. The molecule has 1 aromatic heterocycles. The third-order valence-corrected chi connectivity index (χ3v) is 4.53. The Hall–Kier alpha value is -0.490. The van der Waals surface area contributed by atoms with Crippen LogP contribution in [0.3, 0.4) is 0 Å². The van der Waals surface area contributed by atoms with Gasteiger partial charge < -0.3 is 5.32 Å². The van der Waals surface area contributed by atoms with Gasteiger partial charge in [-0.05, 0) is 31.7 Å². The molecule has 0 spiro atoms. The Morgan fingerprint density at radius 2 is 2.22 bits per heavy atom. The quantitative estimate of drug-likeness (QED) is 0.897. The first-order chi connectivity index (χ1) is 8.65. The molecule has 0 saturated heterocycles. The van der Waals surface area contributed by atoms with E-state index in [9.17, 15) is 0 Å². The lowest BCUT2D eigenvalue weighted by Gasteiger charge is -2.08. The van der Waals surface area contributed by atoms with Crippen LogP contribution >= 0.6 is 38.9 Å². The Morgan fingerprint density at radius 1 is 1.44 bits per heavy atom. The monoisotopic (exact) mass is 345 g/mol. The highest BCUT2D eigenvalue weighted by Crippen LogP contribution is 2.33. The largest absolute Gasteiger partial charge is 0.311 e. The molecule has 0 amide bonds. The Bertz CT molecular complexity index is 540. The van der Waals surface area contributed by atoms with E-state index in [1.165, 1.54) is 0 Å². The van der Waals surface area contributed by atoms with Crippen molar-refractivity contribution in [2.45, 2.75) is 19.4 Å². The van der Waals surface area contributed by atoms with Crippen molar-refractivity contribution in [2.24, 2.45) is 0 Å². The molecule has 3 nitrogen and oxygen atoms in total. The average Bonchev–Trinajstić information content (AvgIpc) is 2.80. The van der Waals surface area contributed by atoms with Crippen LogP contribution in [0.4, 0.5) is 0 Å². The molecule has 0 bridgehead atoms. The van der Waals surface area contributed by atoms with E-state index in [0.29, 0.717) is 5.02 Å². The highest BCUT2D eigenvalue weighted by atomic mass is 79.9. The summed E-state index contributed by atoms with van der Waals surface area (Å²) in [5.74, 6) is 0. The maximum absolute atomic E-state index is 6.21. The number of aromatic nitrogens is 2. The van der Waals surface area contributed by atoms with E-state index >= 15 is 0 Å². The molecule has 2 rings (SSSR count). The first kappa shape index (κ1) is 13.9. The van der Waals surface area contributed by atoms with E-state index in [4.69, 9.17) is 11.6 Å². The summed E-state index contributed by atoms with van der Waals surface area (Å²) in [7, 11) is 1.93. The van der Waals surface area contributed by atoms with Gasteiger partial charge in [-0.3, -0.25) is 0 Å². The minimum atomic E-state index is 0.255. The summed E-state index contributed by atoms with van der Waals surface area (Å²) in [4.78, 5) is 0. The average molecular weight is 347 g/mol. The number of hydrogen-bond donors (Lipinski definition) is 1. The third kappa shape index (κ3) is 2.91. The molecule has 1 aromatic carbocycles. The lowest BCUT2D eigenvalue weighted by atomic mass is 10.2. The summed E-state index contributed by atoms with van der Waals surface area (Å²) < 4.78 is 0.961. The lowest BCUT2D eigenvalue weighted by molar-refractivity contribution is 0.568. The smallest absolute Gasteiger partial charge is 0.149 e. The molecule has 0 aliphatic heterocycles. The number of nitrogens with zero attached hydrogens (tertiary/aromatic N) is 2. The molecule has 0 saturated carbocycles. The van der Waals surface area contributed by atoms with E-state index < -0.39 is 0 Å². The fourth-order valence-electron chi connectivity index (χ4n) is 1.65. The Morgan fingerprint density at radius 3 is 2.83 bits per heavy atom. The Kier molecular flexibility index (Phi) is 4.72. The van der Waals surface area contributed by atoms with Crippen LogP contribution in [0.5, 0.6) is 0 Å². The maximum atomic E-state index is 6.21. The van der Waals surface area contributed by atoms with Gasteiger partial charge in [-0.15, -0.1) is 10.2 Å². The van der Waals surface area contributed by atoms with Gasteiger partial charge in [0, 0.05) is 10.0 Å². The molecule has 1 unspecified atom stereocenters. The van der Waals surface area contributed by atoms with Crippen LogP contribution in [-0.4, -0.2) is 17.2 Å². The first-order valence-corrected chi connectivity index (χ1v) is 7.60. The van der Waals surface area contributed by atoms with Crippen LogP contribution in [0.2, 0.25) is 5.02 Å². The fraction of sp³-hybridized carbons (Fsp3) is 0.333. The zero-order valence-corrected chi connectivity index (χ0v) is 13.2. The number of hydrogen-bond acceptors (Lipinski definition) is 4. The SMILES string of the molecule is CCC(NC)c1nnc(-c2ccc(Br)cc2Cl)s1. The third-order valence-electron chi connectivity index (χ3n) is 2.66. The summed E-state index contributed by atoms with van der Waals surface area (Å²) in [6.07, 6.45) is 0.985. The number of halogens is 2. The van der Waals surface area contributed by atoms with Crippen molar-refractivity contribution >= 4 is 38.9 Å². The topological polar surface area (TPSA) is 37.8 Å². The molecular weight excluding hydrogens is 334 g/mol. The van der Waals surface area contributed by atoms with Gasteiger partial charge in [-0.25, -0.2) is 0 Å². The van der Waals surface area contributed by atoms with E-state index in [0.717, 1.165) is 26.5 Å². The molecule has 1 N–H and O–H groups in total. The normalized spacial score (nSPS) is 12.7. The summed E-state index contributed by atoms with van der Waals surface area (Å²) >= 11 is 11.2. The van der Waals surface area contributed by atoms with Gasteiger partial charge in [-0.2, -0.15) is 0 Å². The van der Waals surface area contributed by atoms with Gasteiger partial charge in [-0.1, -0.05) is 45.8 Å². The van der Waals surface area contributed by atoms with Gasteiger partial charge in [0.1, 0.15) is 10.0 Å². The van der Waals surface area contributed by atoms with Gasteiger partial charge in [0.2, 0.25) is 0 Å². The molecule has 2 aromatic rings. The van der Waals surface area contributed by atoms with Gasteiger partial charge >= 0.3 is 0 Å². The molecule has 0 fully saturated rings. The summed E-state index contributed by atoms with van der Waals surface area (Å²) in [5, 5.41) is 14.2. The molecule has 1 heterocycles. The first-order valence-electron chi connectivity index (χ1n) is 5.61. The van der Waals surface area contributed by atoms with Crippen LogP contribution < -0.4 is 5.32 Å². The molecule has 18 heavy (non-hydrogen) atoms. The molecule has 96 valence electrons. The Balaban J connectivity index is 2.34. The van der Waals surface area contributed by atoms with E-state index in [1.54, 1.807) is 11.3 Å². The fourth-order valence-corrected chi connectivity index (χ4v) is 3.54. The van der Waals surface area contributed by atoms with Crippen LogP contribution in [0, 0.1) is 0 Å². The van der Waals surface area contributed by atoms with Crippen molar-refractivity contribution in [1.82, 2.24) is 15.5 Å². The van der Waals surface area contributed by atoms with Crippen molar-refractivity contribution in [1.29, 1.82) is 0 Å². The maximum Gasteiger partial charge on any atom is 0.149 e. The lowest BCUT2D eigenvalue weighted by Crippen LogP contribution is -2.14. The summed E-state index contributed by atoms with van der Waals surface area (Å²) in [5.41, 5.74) is 0.926. The van der Waals surface area contributed by atoms with Crippen molar-refractivity contribution in [2.75, 3.05) is 7.05 Å². The van der Waals surface area contributed by atoms with Crippen molar-refractivity contribution in [3.63, 3.8) is 0 Å². The number of benzene rings is 1. The highest BCUT2D eigenvalue weighted by molar-refractivity contribution is 9.10. The van der Waals surface area contributed by atoms with Gasteiger partial charge in [0.05, 0.1) is 11.1 Å². The standard InChI is InChI=1S/C12H13BrClN3S/c1-3-10(15-2)12-17-16-11(18-12)8-5-4-7(13)6-9(8)14/h4-6,10,15H,3H2,1-2H3. The second-order valence-corrected chi connectivity index (χ2v) is 6.15. The van der Waals surface area contributed by atoms with Gasteiger partial charge in [0.15, 0.2) is 0 Å². The molecule has 0 aliphatic rings. The minimum absolute atomic E-state index is 0.255. The van der Waals surface area contributed by atoms with Crippen LogP contribution in [0.15, 0.2) is 22.7 Å². The Labute approximate surface area is 124 Å². The molecule has 0 radical (unpaired) electrons. The number of rotatable bonds is 4. The van der Waals surface area contributed by atoms with E-state index in [2.05, 4.69) is 38.4 Å². The predicted molar refractivity (Wildman–Crippen MR) is 80.1 cm³/mol. The zero-order valence-electron chi connectivity index (χ0n) is 10.1. The zero-order chi connectivity index (χ0) is 13.1. The van der Waals surface area contributed by atoms with Crippen LogP contribution in [0.1, 0.15) is 24.4 Å². The second-order valence-electron chi connectivity index (χ2n) is 3.82. The summed E-state index contributed by atoms with van der Waals surface area (Å²) in [6, 6.07) is 6.03. The number of nitrogens with one attached hydrogen (secondary N) is 1. The molecule has 6 heteroatoms. The van der Waals surface area contributed by atoms with Crippen LogP contribution in [0.25, 0.3) is 10.6 Å².